The predicted octanol–water partition coefficient (Wildman–Crippen LogP) is 3.92. The SMILES string of the molecule is O=C(NC(C[P+](c1ccccc1)(c1ccccc1)c1ccccc1[B-](F)(F)F)C(=O)O)c1ccccc1. The lowest BCUT2D eigenvalue weighted by Crippen LogP contribution is -2.53. The summed E-state index contributed by atoms with van der Waals surface area (Å²) in [5, 5.41) is 14.0. The van der Waals surface area contributed by atoms with Gasteiger partial charge in [0.15, 0.2) is 6.04 Å². The predicted molar refractivity (Wildman–Crippen MR) is 144 cm³/mol. The maximum atomic E-state index is 14.4. The van der Waals surface area contributed by atoms with Crippen molar-refractivity contribution in [3.63, 3.8) is 0 Å². The summed E-state index contributed by atoms with van der Waals surface area (Å²) >= 11 is 0. The Hall–Kier alpha value is -3.90. The zero-order chi connectivity index (χ0) is 26.5. The first-order chi connectivity index (χ1) is 17.7. The van der Waals surface area contributed by atoms with Crippen LogP contribution in [0.3, 0.4) is 0 Å². The highest BCUT2D eigenvalue weighted by atomic mass is 31.2. The van der Waals surface area contributed by atoms with Gasteiger partial charge >= 0.3 is 12.9 Å². The lowest BCUT2D eigenvalue weighted by atomic mass is 9.80. The molecule has 0 radical (unpaired) electrons. The van der Waals surface area contributed by atoms with Gasteiger partial charge in [0.1, 0.15) is 24.0 Å². The third-order valence-electron chi connectivity index (χ3n) is 6.19. The van der Waals surface area contributed by atoms with Crippen molar-refractivity contribution in [1.29, 1.82) is 0 Å². The maximum absolute atomic E-state index is 14.4. The normalized spacial score (nSPS) is 12.5. The van der Waals surface area contributed by atoms with Gasteiger partial charge in [-0.2, -0.15) is 0 Å². The Balaban J connectivity index is 1.96. The molecule has 0 fully saturated rings. The number of rotatable bonds is 9. The van der Waals surface area contributed by atoms with Crippen LogP contribution in [0.15, 0.2) is 115 Å². The average molecular weight is 521 g/mol. The molecule has 4 aromatic carbocycles. The van der Waals surface area contributed by atoms with E-state index in [-0.39, 0.29) is 17.0 Å². The first-order valence-corrected chi connectivity index (χ1v) is 13.6. The van der Waals surface area contributed by atoms with E-state index in [0.717, 1.165) is 6.07 Å². The van der Waals surface area contributed by atoms with Gasteiger partial charge in [-0.15, -0.1) is 0 Å². The molecule has 0 saturated heterocycles. The molecule has 37 heavy (non-hydrogen) atoms. The van der Waals surface area contributed by atoms with Crippen LogP contribution in [-0.4, -0.2) is 36.2 Å². The van der Waals surface area contributed by atoms with Crippen molar-refractivity contribution in [2.24, 2.45) is 0 Å². The molecular weight excluding hydrogens is 497 g/mol. The highest BCUT2D eigenvalue weighted by Gasteiger charge is 2.51. The maximum Gasteiger partial charge on any atom is 0.513 e. The van der Waals surface area contributed by atoms with Gasteiger partial charge in [-0.05, 0) is 42.5 Å². The number of nitrogens with one attached hydrogen (secondary N) is 1. The number of hydrogen-bond donors (Lipinski definition) is 2. The van der Waals surface area contributed by atoms with E-state index in [2.05, 4.69) is 5.32 Å². The first-order valence-electron chi connectivity index (χ1n) is 11.6. The van der Waals surface area contributed by atoms with Crippen LogP contribution in [0.4, 0.5) is 12.9 Å². The fourth-order valence-electron chi connectivity index (χ4n) is 4.50. The van der Waals surface area contributed by atoms with Gasteiger partial charge in [0.2, 0.25) is 0 Å². The minimum absolute atomic E-state index is 0.0418. The van der Waals surface area contributed by atoms with E-state index in [1.165, 1.54) is 12.1 Å². The molecule has 0 bridgehead atoms. The summed E-state index contributed by atoms with van der Waals surface area (Å²) in [7, 11) is -3.25. The van der Waals surface area contributed by atoms with Crippen LogP contribution in [-0.2, 0) is 4.79 Å². The van der Waals surface area contributed by atoms with Crippen molar-refractivity contribution in [3.05, 3.63) is 121 Å². The Bertz CT molecular complexity index is 1330. The summed E-state index contributed by atoms with van der Waals surface area (Å²) in [6.45, 7) is -5.41. The number of benzene rings is 4. The van der Waals surface area contributed by atoms with Crippen LogP contribution in [0.25, 0.3) is 0 Å². The van der Waals surface area contributed by atoms with Gasteiger partial charge < -0.3 is 23.4 Å². The van der Waals surface area contributed by atoms with E-state index in [9.17, 15) is 27.6 Å². The van der Waals surface area contributed by atoms with Crippen molar-refractivity contribution in [2.45, 2.75) is 6.04 Å². The van der Waals surface area contributed by atoms with E-state index in [0.29, 0.717) is 10.6 Å². The summed E-state index contributed by atoms with van der Waals surface area (Å²) in [6, 6.07) is 29.4. The Morgan fingerprint density at radius 2 is 1.19 bits per heavy atom. The van der Waals surface area contributed by atoms with Gasteiger partial charge in [-0.3, -0.25) is 4.79 Å². The van der Waals surface area contributed by atoms with Gasteiger partial charge in [-0.25, -0.2) is 4.79 Å². The smallest absolute Gasteiger partial charge is 0.480 e. The number of carbonyl (C=O) groups is 2. The molecule has 9 heteroatoms. The summed E-state index contributed by atoms with van der Waals surface area (Å²) in [5.41, 5.74) is -0.502. The quantitative estimate of drug-likeness (QED) is 0.259. The molecule has 4 rings (SSSR count). The van der Waals surface area contributed by atoms with Crippen molar-refractivity contribution < 1.29 is 27.6 Å². The summed E-state index contributed by atoms with van der Waals surface area (Å²) in [5.74, 6) is -1.93. The molecule has 0 saturated carbocycles. The number of amides is 1. The standard InChI is InChI=1S/C28H24BF3NO3P/c30-29(31,32)24-18-10-11-19-26(24)37(22-14-6-2-7-15-22,23-16-8-3-9-17-23)20-25(28(35)36)33-27(34)21-12-4-1-5-13-21/h1-19,25H,20H2,(H,33,34)(H,35,36). The fourth-order valence-corrected chi connectivity index (χ4v) is 9.14. The molecular formula is C28H24BF3NO3P. The third-order valence-corrected chi connectivity index (χ3v) is 10.7. The highest BCUT2D eigenvalue weighted by molar-refractivity contribution is 7.96. The second-order valence-electron chi connectivity index (χ2n) is 8.53. The largest absolute Gasteiger partial charge is 0.513 e. The van der Waals surface area contributed by atoms with Gasteiger partial charge in [0.05, 0.1) is 5.30 Å². The Labute approximate surface area is 213 Å². The topological polar surface area (TPSA) is 66.4 Å². The van der Waals surface area contributed by atoms with Crippen LogP contribution in [0.2, 0.25) is 0 Å². The highest BCUT2D eigenvalue weighted by Crippen LogP contribution is 2.55. The lowest BCUT2D eigenvalue weighted by molar-refractivity contribution is -0.138. The molecule has 188 valence electrons. The van der Waals surface area contributed by atoms with Crippen molar-refractivity contribution in [2.75, 3.05) is 6.16 Å². The molecule has 1 amide bonds. The van der Waals surface area contributed by atoms with E-state index >= 15 is 0 Å². The number of carboxylic acids is 1. The second-order valence-corrected chi connectivity index (χ2v) is 12.0. The zero-order valence-corrected chi connectivity index (χ0v) is 20.6. The van der Waals surface area contributed by atoms with Crippen molar-refractivity contribution in [3.8, 4) is 0 Å². The van der Waals surface area contributed by atoms with Gasteiger partial charge in [-0.1, -0.05) is 78.3 Å². The first kappa shape index (κ1) is 26.2. The molecule has 1 atom stereocenters. The van der Waals surface area contributed by atoms with Crippen LogP contribution in [0.5, 0.6) is 0 Å². The van der Waals surface area contributed by atoms with E-state index < -0.39 is 37.6 Å². The molecule has 4 aromatic rings. The van der Waals surface area contributed by atoms with Crippen LogP contribution in [0.1, 0.15) is 10.4 Å². The Morgan fingerprint density at radius 1 is 0.730 bits per heavy atom. The fraction of sp³-hybridized carbons (Fsp3) is 0.0714. The Kier molecular flexibility index (Phi) is 7.79. The minimum atomic E-state index is -5.41. The number of hydrogen-bond acceptors (Lipinski definition) is 2. The van der Waals surface area contributed by atoms with Gasteiger partial charge in [0, 0.05) is 5.56 Å². The molecule has 2 N–H and O–H groups in total. The minimum Gasteiger partial charge on any atom is -0.480 e. The van der Waals surface area contributed by atoms with Crippen LogP contribution in [0, 0.1) is 0 Å². The average Bonchev–Trinajstić information content (AvgIpc) is 2.92. The molecule has 0 aliphatic rings. The molecule has 0 aliphatic heterocycles. The second kappa shape index (κ2) is 11.0. The zero-order valence-electron chi connectivity index (χ0n) is 19.7. The van der Waals surface area contributed by atoms with Crippen molar-refractivity contribution >= 4 is 47.5 Å². The summed E-state index contributed by atoms with van der Waals surface area (Å²) in [4.78, 5) is 25.4. The number of carbonyl (C=O) groups excluding carboxylic acids is 1. The molecule has 1 unspecified atom stereocenters. The monoisotopic (exact) mass is 521 g/mol. The summed E-state index contributed by atoms with van der Waals surface area (Å²) in [6.07, 6.45) is -0.238. The molecule has 4 nitrogen and oxygen atoms in total. The number of halogens is 3. The van der Waals surface area contributed by atoms with E-state index in [1.807, 2.05) is 0 Å². The van der Waals surface area contributed by atoms with Gasteiger partial charge in [0.25, 0.3) is 5.91 Å². The lowest BCUT2D eigenvalue weighted by Gasteiger charge is -2.33. The molecule has 0 aliphatic carbocycles. The van der Waals surface area contributed by atoms with Crippen LogP contribution >= 0.6 is 7.26 Å². The van der Waals surface area contributed by atoms with E-state index in [4.69, 9.17) is 0 Å². The molecule has 0 aromatic heterocycles. The molecule has 0 spiro atoms. The molecule has 0 heterocycles. The van der Waals surface area contributed by atoms with E-state index in [1.54, 1.807) is 97.1 Å². The third kappa shape index (κ3) is 5.60. The van der Waals surface area contributed by atoms with Crippen LogP contribution < -0.4 is 26.7 Å². The Morgan fingerprint density at radius 3 is 1.68 bits per heavy atom. The van der Waals surface area contributed by atoms with Crippen molar-refractivity contribution in [1.82, 2.24) is 5.32 Å². The number of carboxylic acid groups (broad SMARTS) is 1. The number of aliphatic carboxylic acids is 1. The summed E-state index contributed by atoms with van der Waals surface area (Å²) < 4.78 is 43.3.